The number of carbonyl (C=O) groups excluding carboxylic acids is 1. The van der Waals surface area contributed by atoms with Crippen LogP contribution in [0.15, 0.2) is 54.6 Å². The third-order valence-electron chi connectivity index (χ3n) is 5.11. The van der Waals surface area contributed by atoms with E-state index in [2.05, 4.69) is 6.92 Å². The van der Waals surface area contributed by atoms with Crippen LogP contribution in [-0.4, -0.2) is 28.9 Å². The topological polar surface area (TPSA) is 72.7 Å². The van der Waals surface area contributed by atoms with Gasteiger partial charge in [0.25, 0.3) is 5.69 Å². The van der Waals surface area contributed by atoms with Crippen molar-refractivity contribution in [3.05, 3.63) is 75.8 Å². The molecular weight excluding hydrogens is 356 g/mol. The highest BCUT2D eigenvalue weighted by Crippen LogP contribution is 2.36. The molecule has 0 N–H and O–H groups in total. The first-order chi connectivity index (χ1) is 13.5. The number of ether oxygens (including phenoxy) is 1. The van der Waals surface area contributed by atoms with Gasteiger partial charge >= 0.3 is 0 Å². The molecule has 0 saturated heterocycles. The van der Waals surface area contributed by atoms with Gasteiger partial charge in [-0.2, -0.15) is 0 Å². The molecule has 1 saturated carbocycles. The van der Waals surface area contributed by atoms with E-state index in [0.717, 1.165) is 29.7 Å². The summed E-state index contributed by atoms with van der Waals surface area (Å²) in [6.45, 7) is 2.63. The number of methoxy groups -OCH3 is 1. The van der Waals surface area contributed by atoms with Gasteiger partial charge in [-0.25, -0.2) is 0 Å². The van der Waals surface area contributed by atoms with Gasteiger partial charge in [0.05, 0.1) is 12.0 Å². The highest BCUT2D eigenvalue weighted by molar-refractivity contribution is 5.92. The molecule has 6 nitrogen and oxygen atoms in total. The van der Waals surface area contributed by atoms with Crippen molar-refractivity contribution >= 4 is 17.7 Å². The Hall–Kier alpha value is -3.15. The van der Waals surface area contributed by atoms with Crippen LogP contribution in [-0.2, 0) is 11.3 Å². The van der Waals surface area contributed by atoms with Crippen molar-refractivity contribution in [2.45, 2.75) is 32.4 Å². The predicted molar refractivity (Wildman–Crippen MR) is 108 cm³/mol. The van der Waals surface area contributed by atoms with E-state index in [1.54, 1.807) is 31.4 Å². The zero-order valence-electron chi connectivity index (χ0n) is 16.1. The maximum Gasteiger partial charge on any atom is 0.269 e. The lowest BCUT2D eigenvalue weighted by molar-refractivity contribution is -0.384. The largest absolute Gasteiger partial charge is 0.497 e. The standard InChI is InChI=1S/C22H24N2O4/c1-16(19-8-9-19)23(15-18-5-12-21(28-2)13-6-18)22(25)14-7-17-3-10-20(11-4-17)24(26)27/h3-7,10-14,16,19H,8-9,15H2,1-2H3/b14-7+. The summed E-state index contributed by atoms with van der Waals surface area (Å²) in [6, 6.07) is 14.0. The number of nitrogens with zero attached hydrogens (tertiary/aromatic N) is 2. The highest BCUT2D eigenvalue weighted by Gasteiger charge is 2.33. The van der Waals surface area contributed by atoms with Gasteiger partial charge < -0.3 is 9.64 Å². The maximum absolute atomic E-state index is 12.9. The number of hydrogen-bond acceptors (Lipinski definition) is 4. The van der Waals surface area contributed by atoms with E-state index in [9.17, 15) is 14.9 Å². The summed E-state index contributed by atoms with van der Waals surface area (Å²) in [5.74, 6) is 1.28. The van der Waals surface area contributed by atoms with E-state index < -0.39 is 4.92 Å². The Morgan fingerprint density at radius 1 is 1.21 bits per heavy atom. The van der Waals surface area contributed by atoms with E-state index >= 15 is 0 Å². The lowest BCUT2D eigenvalue weighted by Crippen LogP contribution is -2.38. The highest BCUT2D eigenvalue weighted by atomic mass is 16.6. The number of amides is 1. The van der Waals surface area contributed by atoms with E-state index in [0.29, 0.717) is 12.5 Å². The number of nitro benzene ring substituents is 1. The number of hydrogen-bond donors (Lipinski definition) is 0. The maximum atomic E-state index is 12.9. The van der Waals surface area contributed by atoms with Crippen LogP contribution >= 0.6 is 0 Å². The average molecular weight is 380 g/mol. The van der Waals surface area contributed by atoms with Crippen molar-refractivity contribution in [1.29, 1.82) is 0 Å². The van der Waals surface area contributed by atoms with E-state index in [-0.39, 0.29) is 17.6 Å². The van der Waals surface area contributed by atoms with Gasteiger partial charge in [0.15, 0.2) is 0 Å². The molecule has 3 rings (SSSR count). The van der Waals surface area contributed by atoms with Gasteiger partial charge in [0.2, 0.25) is 5.91 Å². The predicted octanol–water partition coefficient (Wildman–Crippen LogP) is 4.44. The van der Waals surface area contributed by atoms with Crippen molar-refractivity contribution in [2.24, 2.45) is 5.92 Å². The summed E-state index contributed by atoms with van der Waals surface area (Å²) < 4.78 is 5.19. The van der Waals surface area contributed by atoms with Gasteiger partial charge in [0, 0.05) is 30.8 Å². The smallest absolute Gasteiger partial charge is 0.269 e. The van der Waals surface area contributed by atoms with Gasteiger partial charge in [0.1, 0.15) is 5.75 Å². The molecule has 0 spiro atoms. The SMILES string of the molecule is COc1ccc(CN(C(=O)/C=C/c2ccc([N+](=O)[O-])cc2)C(C)C2CC2)cc1. The third kappa shape index (κ3) is 4.97. The van der Waals surface area contributed by atoms with Gasteiger partial charge in [-0.1, -0.05) is 12.1 Å². The molecule has 1 aliphatic carbocycles. The first kappa shape index (κ1) is 19.6. The molecule has 1 aliphatic rings. The fourth-order valence-corrected chi connectivity index (χ4v) is 3.15. The average Bonchev–Trinajstić information content (AvgIpc) is 3.56. The Kier molecular flexibility index (Phi) is 6.09. The van der Waals surface area contributed by atoms with Gasteiger partial charge in [-0.05, 0) is 67.2 Å². The van der Waals surface area contributed by atoms with Crippen LogP contribution in [0.5, 0.6) is 5.75 Å². The first-order valence-electron chi connectivity index (χ1n) is 9.34. The number of rotatable bonds is 8. The van der Waals surface area contributed by atoms with Crippen LogP contribution in [0.4, 0.5) is 5.69 Å². The first-order valence-corrected chi connectivity index (χ1v) is 9.34. The minimum atomic E-state index is -0.438. The molecule has 1 unspecified atom stereocenters. The second-order valence-corrected chi connectivity index (χ2v) is 7.07. The summed E-state index contributed by atoms with van der Waals surface area (Å²) in [7, 11) is 1.63. The van der Waals surface area contributed by atoms with Crippen LogP contribution in [0.1, 0.15) is 30.9 Å². The van der Waals surface area contributed by atoms with Crippen LogP contribution in [0.25, 0.3) is 6.08 Å². The molecule has 146 valence electrons. The Morgan fingerprint density at radius 3 is 2.39 bits per heavy atom. The molecule has 0 radical (unpaired) electrons. The lowest BCUT2D eigenvalue weighted by atomic mass is 10.1. The van der Waals surface area contributed by atoms with Crippen LogP contribution < -0.4 is 4.74 Å². The molecule has 1 fully saturated rings. The minimum Gasteiger partial charge on any atom is -0.497 e. The molecular formula is C22H24N2O4. The Balaban J connectivity index is 1.73. The Labute approximate surface area is 164 Å². The van der Waals surface area contributed by atoms with Crippen molar-refractivity contribution < 1.29 is 14.5 Å². The van der Waals surface area contributed by atoms with E-state index in [1.165, 1.54) is 12.1 Å². The Bertz CT molecular complexity index is 855. The number of benzene rings is 2. The fraction of sp³-hybridized carbons (Fsp3) is 0.318. The lowest BCUT2D eigenvalue weighted by Gasteiger charge is -2.28. The molecule has 2 aromatic rings. The van der Waals surface area contributed by atoms with E-state index in [4.69, 9.17) is 4.74 Å². The molecule has 0 bridgehead atoms. The Morgan fingerprint density at radius 2 is 1.86 bits per heavy atom. The molecule has 2 aromatic carbocycles. The zero-order valence-corrected chi connectivity index (χ0v) is 16.1. The summed E-state index contributed by atoms with van der Waals surface area (Å²) in [4.78, 5) is 25.1. The molecule has 0 aromatic heterocycles. The quantitative estimate of drug-likeness (QED) is 0.385. The minimum absolute atomic E-state index is 0.0342. The molecule has 6 heteroatoms. The zero-order chi connectivity index (χ0) is 20.1. The normalized spacial score (nSPS) is 14.6. The number of non-ortho nitro benzene ring substituents is 1. The molecule has 1 amide bonds. The van der Waals surface area contributed by atoms with Crippen molar-refractivity contribution in [1.82, 2.24) is 4.90 Å². The number of nitro groups is 1. The summed E-state index contributed by atoms with van der Waals surface area (Å²) in [5.41, 5.74) is 1.83. The number of carbonyl (C=O) groups is 1. The monoisotopic (exact) mass is 380 g/mol. The summed E-state index contributed by atoms with van der Waals surface area (Å²) in [5, 5.41) is 10.7. The van der Waals surface area contributed by atoms with Crippen molar-refractivity contribution in [3.8, 4) is 5.75 Å². The van der Waals surface area contributed by atoms with Crippen LogP contribution in [0.2, 0.25) is 0 Å². The molecule has 28 heavy (non-hydrogen) atoms. The van der Waals surface area contributed by atoms with Crippen molar-refractivity contribution in [3.63, 3.8) is 0 Å². The van der Waals surface area contributed by atoms with Gasteiger partial charge in [-0.15, -0.1) is 0 Å². The van der Waals surface area contributed by atoms with Crippen LogP contribution in [0.3, 0.4) is 0 Å². The van der Waals surface area contributed by atoms with E-state index in [1.807, 2.05) is 29.2 Å². The summed E-state index contributed by atoms with van der Waals surface area (Å²) >= 11 is 0. The summed E-state index contributed by atoms with van der Waals surface area (Å²) in [6.07, 6.45) is 5.55. The molecule has 0 aliphatic heterocycles. The molecule has 1 atom stereocenters. The second kappa shape index (κ2) is 8.69. The fourth-order valence-electron chi connectivity index (χ4n) is 3.15. The van der Waals surface area contributed by atoms with Crippen molar-refractivity contribution in [2.75, 3.05) is 7.11 Å². The second-order valence-electron chi connectivity index (χ2n) is 7.07. The molecule has 0 heterocycles. The third-order valence-corrected chi connectivity index (χ3v) is 5.11. The van der Waals surface area contributed by atoms with Crippen LogP contribution in [0, 0.1) is 16.0 Å². The van der Waals surface area contributed by atoms with Gasteiger partial charge in [-0.3, -0.25) is 14.9 Å².